The van der Waals surface area contributed by atoms with Gasteiger partial charge in [0.15, 0.2) is 0 Å². The molecule has 0 unspecified atom stereocenters. The number of rotatable bonds is 6. The van der Waals surface area contributed by atoms with Crippen LogP contribution in [0.1, 0.15) is 32.7 Å². The second kappa shape index (κ2) is 7.92. The van der Waals surface area contributed by atoms with E-state index >= 15 is 0 Å². The summed E-state index contributed by atoms with van der Waals surface area (Å²) >= 11 is 0. The quantitative estimate of drug-likeness (QED) is 0.831. The van der Waals surface area contributed by atoms with Crippen LogP contribution < -0.4 is 15.7 Å². The van der Waals surface area contributed by atoms with Gasteiger partial charge >= 0.3 is 0 Å². The third-order valence-electron chi connectivity index (χ3n) is 3.35. The van der Waals surface area contributed by atoms with Crippen LogP contribution in [0.2, 0.25) is 0 Å². The molecule has 0 aliphatic carbocycles. The van der Waals surface area contributed by atoms with E-state index in [1.165, 1.54) is 0 Å². The van der Waals surface area contributed by atoms with Gasteiger partial charge < -0.3 is 20.5 Å². The van der Waals surface area contributed by atoms with Gasteiger partial charge in [0, 0.05) is 24.5 Å². The second-order valence-electron chi connectivity index (χ2n) is 5.24. The molecule has 6 nitrogen and oxygen atoms in total. The van der Waals surface area contributed by atoms with Gasteiger partial charge in [0.25, 0.3) is 11.8 Å². The molecule has 0 fully saturated rings. The number of nitrogens with one attached hydrogen (secondary N) is 2. The summed E-state index contributed by atoms with van der Waals surface area (Å²) in [7, 11) is 0. The van der Waals surface area contributed by atoms with Crippen molar-refractivity contribution in [2.45, 2.75) is 13.3 Å². The minimum absolute atomic E-state index is 0.0403. The first-order valence-corrected chi connectivity index (χ1v) is 7.42. The van der Waals surface area contributed by atoms with Crippen molar-refractivity contribution in [1.29, 1.82) is 0 Å². The molecule has 0 radical (unpaired) electrons. The van der Waals surface area contributed by atoms with Crippen LogP contribution in [0.3, 0.4) is 0 Å². The molecule has 0 aliphatic rings. The summed E-state index contributed by atoms with van der Waals surface area (Å²) in [5, 5.41) is 15.6. The highest BCUT2D eigenvalue weighted by atomic mass is 16.4. The highest BCUT2D eigenvalue weighted by Gasteiger charge is 2.13. The Bertz CT molecular complexity index is 754. The lowest BCUT2D eigenvalue weighted by Crippen LogP contribution is -2.31. The number of hydrogen-bond donors (Lipinski definition) is 2. The molecule has 124 valence electrons. The Kier molecular flexibility index (Phi) is 5.68. The molecule has 0 bridgehead atoms. The van der Waals surface area contributed by atoms with Crippen LogP contribution in [-0.2, 0) is 4.79 Å². The Labute approximate surface area is 139 Å². The van der Waals surface area contributed by atoms with Crippen LogP contribution in [0, 0.1) is 6.92 Å². The molecule has 0 spiro atoms. The van der Waals surface area contributed by atoms with Crippen molar-refractivity contribution in [3.8, 4) is 0 Å². The van der Waals surface area contributed by atoms with E-state index in [2.05, 4.69) is 10.6 Å². The Hall–Kier alpha value is -3.15. The topological polar surface area (TPSA) is 98.3 Å². The predicted molar refractivity (Wildman–Crippen MR) is 87.5 cm³/mol. The lowest BCUT2D eigenvalue weighted by molar-refractivity contribution is -0.305. The fourth-order valence-electron chi connectivity index (χ4n) is 2.06. The number of benzene rings is 2. The molecular weight excluding hydrogens is 308 g/mol. The molecule has 6 heteroatoms. The molecule has 2 aromatic rings. The summed E-state index contributed by atoms with van der Waals surface area (Å²) in [4.78, 5) is 34.8. The van der Waals surface area contributed by atoms with E-state index in [4.69, 9.17) is 0 Å². The van der Waals surface area contributed by atoms with Crippen LogP contribution in [0.25, 0.3) is 0 Å². The Morgan fingerprint density at radius 2 is 1.62 bits per heavy atom. The largest absolute Gasteiger partial charge is 0.550 e. The third kappa shape index (κ3) is 4.67. The highest BCUT2D eigenvalue weighted by molar-refractivity contribution is 6.09. The van der Waals surface area contributed by atoms with Crippen molar-refractivity contribution in [1.82, 2.24) is 5.32 Å². The number of aliphatic carboxylic acids is 1. The van der Waals surface area contributed by atoms with E-state index in [0.29, 0.717) is 11.3 Å². The molecule has 24 heavy (non-hydrogen) atoms. The molecule has 2 N–H and O–H groups in total. The molecule has 0 aliphatic heterocycles. The maximum atomic E-state index is 12.3. The normalized spacial score (nSPS) is 10.0. The molecule has 0 heterocycles. The standard InChI is InChI=1S/C18H18N2O4/c1-12-6-8-13(9-7-12)17(23)20-15-5-3-2-4-14(15)18(24)19-11-10-16(21)22/h2-9H,10-11H2,1H3,(H,19,24)(H,20,23)(H,21,22)/p-1. The number of carboxylic acid groups (broad SMARTS) is 1. The number of amides is 2. The van der Waals surface area contributed by atoms with Gasteiger partial charge in [-0.2, -0.15) is 0 Å². The molecule has 2 rings (SSSR count). The van der Waals surface area contributed by atoms with Gasteiger partial charge in [0.2, 0.25) is 0 Å². The monoisotopic (exact) mass is 325 g/mol. The summed E-state index contributed by atoms with van der Waals surface area (Å²) < 4.78 is 0. The van der Waals surface area contributed by atoms with Crippen molar-refractivity contribution < 1.29 is 19.5 Å². The van der Waals surface area contributed by atoms with Gasteiger partial charge in [0.05, 0.1) is 11.3 Å². The zero-order valence-electron chi connectivity index (χ0n) is 13.2. The van der Waals surface area contributed by atoms with Crippen LogP contribution in [0.15, 0.2) is 48.5 Å². The summed E-state index contributed by atoms with van der Waals surface area (Å²) in [6, 6.07) is 13.6. The Morgan fingerprint density at radius 3 is 2.29 bits per heavy atom. The predicted octanol–water partition coefficient (Wildman–Crippen LogP) is 1.12. The number of anilines is 1. The van der Waals surface area contributed by atoms with Gasteiger partial charge in [-0.25, -0.2) is 0 Å². The fraction of sp³-hybridized carbons (Fsp3) is 0.167. The molecule has 0 saturated carbocycles. The highest BCUT2D eigenvalue weighted by Crippen LogP contribution is 2.16. The van der Waals surface area contributed by atoms with E-state index < -0.39 is 11.9 Å². The van der Waals surface area contributed by atoms with Crippen LogP contribution in [0.4, 0.5) is 5.69 Å². The average molecular weight is 325 g/mol. The summed E-state index contributed by atoms with van der Waals surface area (Å²) in [5.41, 5.74) is 2.14. The van der Waals surface area contributed by atoms with E-state index in [1.54, 1.807) is 36.4 Å². The van der Waals surface area contributed by atoms with Crippen molar-refractivity contribution in [2.24, 2.45) is 0 Å². The molecular formula is C18H17N2O4-. The zero-order chi connectivity index (χ0) is 17.5. The van der Waals surface area contributed by atoms with Crippen LogP contribution in [-0.4, -0.2) is 24.3 Å². The minimum atomic E-state index is -1.24. The van der Waals surface area contributed by atoms with Crippen LogP contribution >= 0.6 is 0 Å². The number of aryl methyl sites for hydroxylation is 1. The first kappa shape index (κ1) is 17.2. The van der Waals surface area contributed by atoms with Crippen molar-refractivity contribution >= 4 is 23.5 Å². The fourth-order valence-corrected chi connectivity index (χ4v) is 2.06. The summed E-state index contributed by atoms with van der Waals surface area (Å²) in [6.45, 7) is 1.88. The van der Waals surface area contributed by atoms with Crippen molar-refractivity contribution in [3.05, 3.63) is 65.2 Å². The molecule has 2 amide bonds. The first-order valence-electron chi connectivity index (χ1n) is 7.42. The number of carbonyl (C=O) groups excluding carboxylic acids is 3. The van der Waals surface area contributed by atoms with Gasteiger partial charge in [-0.15, -0.1) is 0 Å². The molecule has 0 saturated heterocycles. The SMILES string of the molecule is Cc1ccc(C(=O)Nc2ccccc2C(=O)NCCC(=O)[O-])cc1. The third-order valence-corrected chi connectivity index (χ3v) is 3.35. The lowest BCUT2D eigenvalue weighted by atomic mass is 10.1. The minimum Gasteiger partial charge on any atom is -0.550 e. The lowest BCUT2D eigenvalue weighted by Gasteiger charge is -2.12. The Morgan fingerprint density at radius 1 is 0.958 bits per heavy atom. The number of para-hydroxylation sites is 1. The maximum absolute atomic E-state index is 12.3. The number of carboxylic acids is 1. The summed E-state index contributed by atoms with van der Waals surface area (Å²) in [5.74, 6) is -2.03. The van der Waals surface area contributed by atoms with E-state index in [9.17, 15) is 19.5 Å². The number of hydrogen-bond acceptors (Lipinski definition) is 4. The smallest absolute Gasteiger partial charge is 0.255 e. The Balaban J connectivity index is 2.10. The molecule has 0 atom stereocenters. The molecule has 0 aromatic heterocycles. The van der Waals surface area contributed by atoms with Gasteiger partial charge in [-0.1, -0.05) is 29.8 Å². The summed E-state index contributed by atoms with van der Waals surface area (Å²) in [6.07, 6.45) is -0.274. The van der Waals surface area contributed by atoms with E-state index in [0.717, 1.165) is 5.56 Å². The van der Waals surface area contributed by atoms with Crippen molar-refractivity contribution in [2.75, 3.05) is 11.9 Å². The average Bonchev–Trinajstić information content (AvgIpc) is 2.55. The van der Waals surface area contributed by atoms with Crippen molar-refractivity contribution in [3.63, 3.8) is 0 Å². The van der Waals surface area contributed by atoms with E-state index in [1.807, 2.05) is 19.1 Å². The first-order chi connectivity index (χ1) is 11.5. The van der Waals surface area contributed by atoms with Crippen LogP contribution in [0.5, 0.6) is 0 Å². The maximum Gasteiger partial charge on any atom is 0.255 e. The van der Waals surface area contributed by atoms with Gasteiger partial charge in [-0.3, -0.25) is 9.59 Å². The second-order valence-corrected chi connectivity index (χ2v) is 5.24. The van der Waals surface area contributed by atoms with Gasteiger partial charge in [-0.05, 0) is 31.2 Å². The molecule has 2 aromatic carbocycles. The van der Waals surface area contributed by atoms with Gasteiger partial charge in [0.1, 0.15) is 0 Å². The zero-order valence-corrected chi connectivity index (χ0v) is 13.2. The van der Waals surface area contributed by atoms with E-state index in [-0.39, 0.29) is 24.4 Å². The number of carbonyl (C=O) groups is 3.